The number of thiophene rings is 1. The lowest BCUT2D eigenvalue weighted by molar-refractivity contribution is -0.126. The second-order valence-electron chi connectivity index (χ2n) is 7.23. The van der Waals surface area contributed by atoms with Crippen molar-refractivity contribution in [1.82, 2.24) is 9.62 Å². The molecule has 1 N–H and O–H groups in total. The van der Waals surface area contributed by atoms with Gasteiger partial charge in [0.25, 0.3) is 10.0 Å². The lowest BCUT2D eigenvalue weighted by atomic mass is 9.85. The molecule has 1 aromatic carbocycles. The molecular formula is C20H25BrN2O3S2. The van der Waals surface area contributed by atoms with E-state index in [-0.39, 0.29) is 17.7 Å². The van der Waals surface area contributed by atoms with Crippen LogP contribution in [0.3, 0.4) is 0 Å². The molecule has 1 saturated heterocycles. The van der Waals surface area contributed by atoms with Crippen LogP contribution in [0.25, 0.3) is 0 Å². The molecule has 0 radical (unpaired) electrons. The highest BCUT2D eigenvalue weighted by atomic mass is 79.9. The van der Waals surface area contributed by atoms with Crippen molar-refractivity contribution in [2.45, 2.75) is 37.4 Å². The number of carbonyl (C=O) groups is 1. The van der Waals surface area contributed by atoms with Crippen molar-refractivity contribution in [2.24, 2.45) is 11.8 Å². The van der Waals surface area contributed by atoms with Gasteiger partial charge in [-0.1, -0.05) is 31.2 Å². The minimum absolute atomic E-state index is 0.0340. The van der Waals surface area contributed by atoms with E-state index in [1.165, 1.54) is 11.3 Å². The first-order valence-electron chi connectivity index (χ1n) is 9.36. The minimum Gasteiger partial charge on any atom is -0.352 e. The third kappa shape index (κ3) is 4.84. The fourth-order valence-corrected chi connectivity index (χ4v) is 7.18. The lowest BCUT2D eigenvalue weighted by Gasteiger charge is -2.33. The SMILES string of the molecule is Cc1ccccc1CNC(=O)C(C)C1CCN(S(=O)(=O)c2ccc(Br)s2)CC1. The quantitative estimate of drug-likeness (QED) is 0.668. The molecule has 2 aromatic rings. The first kappa shape index (κ1) is 21.5. The van der Waals surface area contributed by atoms with Crippen molar-refractivity contribution in [2.75, 3.05) is 13.1 Å². The first-order chi connectivity index (χ1) is 13.3. The van der Waals surface area contributed by atoms with Gasteiger partial charge in [0.05, 0.1) is 3.79 Å². The van der Waals surface area contributed by atoms with Crippen LogP contribution in [-0.4, -0.2) is 31.7 Å². The summed E-state index contributed by atoms with van der Waals surface area (Å²) in [5.74, 6) is 0.0925. The highest BCUT2D eigenvalue weighted by molar-refractivity contribution is 9.11. The van der Waals surface area contributed by atoms with Crippen molar-refractivity contribution >= 4 is 43.2 Å². The molecule has 1 aliphatic heterocycles. The third-order valence-corrected chi connectivity index (χ3v) is 9.47. The van der Waals surface area contributed by atoms with Gasteiger partial charge >= 0.3 is 0 Å². The topological polar surface area (TPSA) is 66.5 Å². The molecule has 0 spiro atoms. The highest BCUT2D eigenvalue weighted by Crippen LogP contribution is 2.32. The zero-order chi connectivity index (χ0) is 20.3. The van der Waals surface area contributed by atoms with Crippen molar-refractivity contribution in [3.8, 4) is 0 Å². The standard InChI is InChI=1S/C20H25BrN2O3S2/c1-14-5-3-4-6-17(14)13-22-20(24)15(2)16-9-11-23(12-10-16)28(25,26)19-8-7-18(21)27-19/h3-8,15-16H,9-13H2,1-2H3,(H,22,24). The molecule has 1 unspecified atom stereocenters. The Balaban J connectivity index is 1.54. The van der Waals surface area contributed by atoms with E-state index in [1.54, 1.807) is 16.4 Å². The molecule has 2 heterocycles. The van der Waals surface area contributed by atoms with Crippen LogP contribution in [-0.2, 0) is 21.4 Å². The fourth-order valence-electron chi connectivity index (χ4n) is 3.55. The predicted molar refractivity (Wildman–Crippen MR) is 116 cm³/mol. The van der Waals surface area contributed by atoms with E-state index in [4.69, 9.17) is 0 Å². The molecule has 28 heavy (non-hydrogen) atoms. The number of rotatable bonds is 6. The fraction of sp³-hybridized carbons (Fsp3) is 0.450. The number of nitrogens with one attached hydrogen (secondary N) is 1. The van der Waals surface area contributed by atoms with Gasteiger partial charge in [-0.2, -0.15) is 4.31 Å². The van der Waals surface area contributed by atoms with Crippen LogP contribution in [0.2, 0.25) is 0 Å². The van der Waals surface area contributed by atoms with Crippen molar-refractivity contribution in [3.05, 3.63) is 51.3 Å². The van der Waals surface area contributed by atoms with Crippen LogP contribution in [0.5, 0.6) is 0 Å². The summed E-state index contributed by atoms with van der Waals surface area (Å²) in [5.41, 5.74) is 2.28. The van der Waals surface area contributed by atoms with Crippen LogP contribution < -0.4 is 5.32 Å². The Labute approximate surface area is 179 Å². The van der Waals surface area contributed by atoms with Gasteiger partial charge in [0.2, 0.25) is 5.91 Å². The third-order valence-electron chi connectivity index (χ3n) is 5.48. The molecule has 0 aliphatic carbocycles. The van der Waals surface area contributed by atoms with Gasteiger partial charge < -0.3 is 5.32 Å². The zero-order valence-corrected chi connectivity index (χ0v) is 19.2. The van der Waals surface area contributed by atoms with E-state index < -0.39 is 10.0 Å². The van der Waals surface area contributed by atoms with Gasteiger partial charge in [0.15, 0.2) is 0 Å². The van der Waals surface area contributed by atoms with Gasteiger partial charge in [-0.15, -0.1) is 11.3 Å². The average molecular weight is 485 g/mol. The van der Waals surface area contributed by atoms with Crippen molar-refractivity contribution < 1.29 is 13.2 Å². The number of benzene rings is 1. The molecule has 8 heteroatoms. The maximum atomic E-state index is 12.7. The normalized spacial score (nSPS) is 17.4. The molecule has 1 fully saturated rings. The number of halogens is 1. The Hall–Kier alpha value is -1.22. The molecule has 5 nitrogen and oxygen atoms in total. The number of hydrogen-bond donors (Lipinski definition) is 1. The van der Waals surface area contributed by atoms with E-state index >= 15 is 0 Å². The number of carbonyl (C=O) groups excluding carboxylic acids is 1. The summed E-state index contributed by atoms with van der Waals surface area (Å²) in [6, 6.07) is 11.4. The summed E-state index contributed by atoms with van der Waals surface area (Å²) < 4.78 is 28.2. The Bertz CT molecular complexity index is 934. The molecule has 1 atom stereocenters. The minimum atomic E-state index is -3.44. The van der Waals surface area contributed by atoms with E-state index in [1.807, 2.05) is 38.1 Å². The molecule has 1 aliphatic rings. The van der Waals surface area contributed by atoms with Gasteiger partial charge in [-0.25, -0.2) is 8.42 Å². The molecule has 0 bridgehead atoms. The van der Waals surface area contributed by atoms with Gasteiger partial charge in [-0.3, -0.25) is 4.79 Å². The van der Waals surface area contributed by atoms with Crippen LogP contribution in [0, 0.1) is 18.8 Å². The van der Waals surface area contributed by atoms with Crippen LogP contribution in [0.4, 0.5) is 0 Å². The van der Waals surface area contributed by atoms with Gasteiger partial charge in [0.1, 0.15) is 4.21 Å². The molecule has 3 rings (SSSR count). The van der Waals surface area contributed by atoms with E-state index in [9.17, 15) is 13.2 Å². The van der Waals surface area contributed by atoms with Gasteiger partial charge in [-0.05, 0) is 64.9 Å². The van der Waals surface area contributed by atoms with E-state index in [2.05, 4.69) is 21.2 Å². The van der Waals surface area contributed by atoms with Gasteiger partial charge in [0, 0.05) is 25.6 Å². The predicted octanol–water partition coefficient (Wildman–Crippen LogP) is 4.17. The summed E-state index contributed by atoms with van der Waals surface area (Å²) in [6.45, 7) is 5.41. The number of piperidine rings is 1. The molecule has 0 saturated carbocycles. The molecule has 1 aromatic heterocycles. The monoisotopic (exact) mass is 484 g/mol. The smallest absolute Gasteiger partial charge is 0.252 e. The van der Waals surface area contributed by atoms with Crippen LogP contribution in [0.1, 0.15) is 30.9 Å². The van der Waals surface area contributed by atoms with Crippen molar-refractivity contribution in [3.63, 3.8) is 0 Å². The molecular weight excluding hydrogens is 460 g/mol. The summed E-state index contributed by atoms with van der Waals surface area (Å²) in [5, 5.41) is 3.03. The Morgan fingerprint density at radius 2 is 1.93 bits per heavy atom. The highest BCUT2D eigenvalue weighted by Gasteiger charge is 2.34. The Morgan fingerprint density at radius 3 is 2.54 bits per heavy atom. The second kappa shape index (κ2) is 9.07. The second-order valence-corrected chi connectivity index (χ2v) is 11.9. The van der Waals surface area contributed by atoms with Crippen LogP contribution >= 0.6 is 27.3 Å². The van der Waals surface area contributed by atoms with Crippen molar-refractivity contribution in [1.29, 1.82) is 0 Å². The number of amides is 1. The van der Waals surface area contributed by atoms with E-state index in [0.717, 1.165) is 14.9 Å². The summed E-state index contributed by atoms with van der Waals surface area (Å²) in [6.07, 6.45) is 1.40. The maximum absolute atomic E-state index is 12.7. The zero-order valence-electron chi connectivity index (χ0n) is 16.0. The number of aryl methyl sites for hydroxylation is 1. The summed E-state index contributed by atoms with van der Waals surface area (Å²) in [7, 11) is -3.44. The Kier molecular flexibility index (Phi) is 6.96. The summed E-state index contributed by atoms with van der Waals surface area (Å²) in [4.78, 5) is 12.6. The largest absolute Gasteiger partial charge is 0.352 e. The van der Waals surface area contributed by atoms with Crippen LogP contribution in [0.15, 0.2) is 44.4 Å². The number of nitrogens with zero attached hydrogens (tertiary/aromatic N) is 1. The maximum Gasteiger partial charge on any atom is 0.252 e. The Morgan fingerprint density at radius 1 is 1.25 bits per heavy atom. The summed E-state index contributed by atoms with van der Waals surface area (Å²) >= 11 is 4.55. The number of hydrogen-bond acceptors (Lipinski definition) is 4. The molecule has 152 valence electrons. The first-order valence-corrected chi connectivity index (χ1v) is 12.4. The average Bonchev–Trinajstić information content (AvgIpc) is 3.14. The molecule has 1 amide bonds. The lowest BCUT2D eigenvalue weighted by Crippen LogP contribution is -2.42. The number of sulfonamides is 1. The van der Waals surface area contributed by atoms with E-state index in [0.29, 0.717) is 36.7 Å².